The highest BCUT2D eigenvalue weighted by molar-refractivity contribution is 5.14. The first-order valence-electron chi connectivity index (χ1n) is 3.76. The molecule has 0 bridgehead atoms. The fourth-order valence-corrected chi connectivity index (χ4v) is 1.24. The van der Waals surface area contributed by atoms with E-state index in [1.807, 2.05) is 19.9 Å². The lowest BCUT2D eigenvalue weighted by molar-refractivity contribution is 0.335. The van der Waals surface area contributed by atoms with E-state index in [1.165, 1.54) is 0 Å². The highest BCUT2D eigenvalue weighted by Crippen LogP contribution is 2.18. The van der Waals surface area contributed by atoms with Crippen molar-refractivity contribution in [3.63, 3.8) is 0 Å². The number of rotatable bonds is 1. The smallest absolute Gasteiger partial charge is 0.134 e. The average molecular weight is 143 g/mol. The van der Waals surface area contributed by atoms with Crippen molar-refractivity contribution in [3.05, 3.63) is 11.6 Å². The topological polar surface area (TPSA) is 12.0 Å². The van der Waals surface area contributed by atoms with E-state index >= 15 is 0 Å². The van der Waals surface area contributed by atoms with Gasteiger partial charge in [0, 0.05) is 13.1 Å². The van der Waals surface area contributed by atoms with Crippen LogP contribution < -0.4 is 5.32 Å². The number of hydrogen-bond acceptors (Lipinski definition) is 1. The van der Waals surface area contributed by atoms with Gasteiger partial charge in [0.1, 0.15) is 6.17 Å². The van der Waals surface area contributed by atoms with Crippen molar-refractivity contribution < 1.29 is 4.39 Å². The van der Waals surface area contributed by atoms with Crippen molar-refractivity contribution in [2.75, 3.05) is 13.1 Å². The number of alkyl halides is 1. The molecule has 1 heterocycles. The van der Waals surface area contributed by atoms with E-state index in [4.69, 9.17) is 0 Å². The van der Waals surface area contributed by atoms with Gasteiger partial charge in [0.05, 0.1) is 0 Å². The lowest BCUT2D eigenvalue weighted by Gasteiger charge is -2.21. The molecule has 1 nitrogen and oxygen atoms in total. The summed E-state index contributed by atoms with van der Waals surface area (Å²) in [7, 11) is 0. The number of nitrogens with one attached hydrogen (secondary N) is 1. The van der Waals surface area contributed by atoms with Crippen molar-refractivity contribution in [3.8, 4) is 0 Å². The van der Waals surface area contributed by atoms with Crippen LogP contribution in [0.2, 0.25) is 0 Å². The van der Waals surface area contributed by atoms with Gasteiger partial charge in [-0.2, -0.15) is 0 Å². The zero-order valence-corrected chi connectivity index (χ0v) is 6.52. The van der Waals surface area contributed by atoms with Gasteiger partial charge in [-0.25, -0.2) is 4.39 Å². The van der Waals surface area contributed by atoms with Crippen LogP contribution >= 0.6 is 0 Å². The van der Waals surface area contributed by atoms with Gasteiger partial charge in [-0.1, -0.05) is 19.9 Å². The van der Waals surface area contributed by atoms with Gasteiger partial charge in [-0.05, 0) is 11.5 Å². The molecule has 1 unspecified atom stereocenters. The molecule has 1 N–H and O–H groups in total. The molecule has 0 amide bonds. The Morgan fingerprint density at radius 3 is 2.80 bits per heavy atom. The van der Waals surface area contributed by atoms with E-state index < -0.39 is 6.17 Å². The maximum Gasteiger partial charge on any atom is 0.134 e. The minimum Gasteiger partial charge on any atom is -0.310 e. The van der Waals surface area contributed by atoms with Crippen LogP contribution in [0.4, 0.5) is 4.39 Å². The number of halogens is 1. The van der Waals surface area contributed by atoms with Crippen LogP contribution in [0.15, 0.2) is 11.6 Å². The third-order valence-corrected chi connectivity index (χ3v) is 1.83. The van der Waals surface area contributed by atoms with Gasteiger partial charge in [-0.15, -0.1) is 0 Å². The summed E-state index contributed by atoms with van der Waals surface area (Å²) in [4.78, 5) is 0. The fraction of sp³-hybridized carbons (Fsp3) is 0.750. The van der Waals surface area contributed by atoms with Gasteiger partial charge in [0.25, 0.3) is 0 Å². The van der Waals surface area contributed by atoms with Crippen molar-refractivity contribution in [1.29, 1.82) is 0 Å². The minimum absolute atomic E-state index is 0.358. The first-order valence-corrected chi connectivity index (χ1v) is 3.76. The van der Waals surface area contributed by atoms with Crippen LogP contribution in [0.25, 0.3) is 0 Å². The molecular weight excluding hydrogens is 129 g/mol. The molecule has 0 saturated carbocycles. The Labute approximate surface area is 61.3 Å². The monoisotopic (exact) mass is 143 g/mol. The molecule has 1 atom stereocenters. The molecular formula is C8H14FN. The molecule has 58 valence electrons. The molecule has 0 aliphatic carbocycles. The van der Waals surface area contributed by atoms with Crippen LogP contribution in [0.1, 0.15) is 13.8 Å². The van der Waals surface area contributed by atoms with Crippen molar-refractivity contribution >= 4 is 0 Å². The summed E-state index contributed by atoms with van der Waals surface area (Å²) in [5.41, 5.74) is 0.957. The predicted octanol–water partition coefficient (Wildman–Crippen LogP) is 1.51. The molecule has 0 radical (unpaired) electrons. The van der Waals surface area contributed by atoms with Gasteiger partial charge in [-0.3, -0.25) is 0 Å². The average Bonchev–Trinajstić information content (AvgIpc) is 1.88. The normalized spacial score (nSPS) is 26.8. The summed E-state index contributed by atoms with van der Waals surface area (Å²) in [5, 5.41) is 2.97. The van der Waals surface area contributed by atoms with E-state index in [2.05, 4.69) is 5.32 Å². The van der Waals surface area contributed by atoms with Crippen molar-refractivity contribution in [1.82, 2.24) is 5.32 Å². The van der Waals surface area contributed by atoms with E-state index in [1.54, 1.807) is 0 Å². The maximum atomic E-state index is 13.0. The summed E-state index contributed by atoms with van der Waals surface area (Å²) < 4.78 is 13.0. The Bertz CT molecular complexity index is 140. The zero-order valence-electron chi connectivity index (χ0n) is 6.52. The predicted molar refractivity (Wildman–Crippen MR) is 40.7 cm³/mol. The van der Waals surface area contributed by atoms with Crippen LogP contribution in [-0.4, -0.2) is 19.3 Å². The molecule has 0 aromatic rings. The molecule has 1 rings (SSSR count). The second-order valence-corrected chi connectivity index (χ2v) is 2.98. The molecule has 2 heteroatoms. The van der Waals surface area contributed by atoms with Gasteiger partial charge < -0.3 is 5.32 Å². The van der Waals surface area contributed by atoms with Gasteiger partial charge in [0.15, 0.2) is 0 Å². The first-order chi connectivity index (χ1) is 4.72. The molecule has 10 heavy (non-hydrogen) atoms. The summed E-state index contributed by atoms with van der Waals surface area (Å²) in [6.07, 6.45) is 1.20. The summed E-state index contributed by atoms with van der Waals surface area (Å²) in [6.45, 7) is 5.38. The summed E-state index contributed by atoms with van der Waals surface area (Å²) >= 11 is 0. The summed E-state index contributed by atoms with van der Waals surface area (Å²) in [6, 6.07) is 0. The fourth-order valence-electron chi connectivity index (χ4n) is 1.24. The van der Waals surface area contributed by atoms with E-state index in [-0.39, 0.29) is 0 Å². The maximum absolute atomic E-state index is 13.0. The van der Waals surface area contributed by atoms with E-state index in [0.29, 0.717) is 12.5 Å². The highest BCUT2D eigenvalue weighted by Gasteiger charge is 2.17. The standard InChI is InChI=1S/C8H14FN/c1-6(2)7-3-4-10-5-8(7)9/h3,6,8,10H,4-5H2,1-2H3. The van der Waals surface area contributed by atoms with Gasteiger partial charge >= 0.3 is 0 Å². The van der Waals surface area contributed by atoms with E-state index in [9.17, 15) is 4.39 Å². The van der Waals surface area contributed by atoms with Crippen molar-refractivity contribution in [2.24, 2.45) is 5.92 Å². The molecule has 0 aromatic heterocycles. The Kier molecular flexibility index (Phi) is 2.44. The van der Waals surface area contributed by atoms with E-state index in [0.717, 1.165) is 12.1 Å². The summed E-state index contributed by atoms with van der Waals surface area (Å²) in [5.74, 6) is 0.358. The Morgan fingerprint density at radius 1 is 1.70 bits per heavy atom. The van der Waals surface area contributed by atoms with Crippen LogP contribution in [0, 0.1) is 5.92 Å². The van der Waals surface area contributed by atoms with Gasteiger partial charge in [0.2, 0.25) is 0 Å². The Morgan fingerprint density at radius 2 is 2.40 bits per heavy atom. The molecule has 0 saturated heterocycles. The van der Waals surface area contributed by atoms with Crippen molar-refractivity contribution in [2.45, 2.75) is 20.0 Å². The molecule has 1 aliphatic rings. The largest absolute Gasteiger partial charge is 0.310 e. The van der Waals surface area contributed by atoms with Crippen LogP contribution in [-0.2, 0) is 0 Å². The van der Waals surface area contributed by atoms with Crippen LogP contribution in [0.5, 0.6) is 0 Å². The lowest BCUT2D eigenvalue weighted by Crippen LogP contribution is -2.32. The zero-order chi connectivity index (χ0) is 7.56. The highest BCUT2D eigenvalue weighted by atomic mass is 19.1. The SMILES string of the molecule is CC(C)C1=CCNCC1F. The lowest BCUT2D eigenvalue weighted by atomic mass is 9.96. The first kappa shape index (κ1) is 7.73. The molecule has 0 aromatic carbocycles. The molecule has 0 spiro atoms. The second kappa shape index (κ2) is 3.15. The third-order valence-electron chi connectivity index (χ3n) is 1.83. The Balaban J connectivity index is 2.61. The quantitative estimate of drug-likeness (QED) is 0.549. The second-order valence-electron chi connectivity index (χ2n) is 2.98. The minimum atomic E-state index is -0.756. The van der Waals surface area contributed by atoms with Crippen LogP contribution in [0.3, 0.4) is 0 Å². The number of hydrogen-bond donors (Lipinski definition) is 1. The Hall–Kier alpha value is -0.370. The molecule has 1 aliphatic heterocycles. The molecule has 0 fully saturated rings. The third kappa shape index (κ3) is 1.57.